The van der Waals surface area contributed by atoms with E-state index < -0.39 is 0 Å². The molecule has 4 nitrogen and oxygen atoms in total. The van der Waals surface area contributed by atoms with E-state index in [1.807, 2.05) is 30.3 Å². The third-order valence-electron chi connectivity index (χ3n) is 2.94. The van der Waals surface area contributed by atoms with Gasteiger partial charge in [0.25, 0.3) is 0 Å². The number of benzene rings is 2. The highest BCUT2D eigenvalue weighted by atomic mass is 79.9. The molecule has 1 aromatic heterocycles. The number of aromatic amines is 1. The van der Waals surface area contributed by atoms with Gasteiger partial charge in [0.05, 0.1) is 23.7 Å². The van der Waals surface area contributed by atoms with Gasteiger partial charge in [-0.1, -0.05) is 27.7 Å². The summed E-state index contributed by atoms with van der Waals surface area (Å²) in [5, 5.41) is 9.94. The topological polar surface area (TPSA) is 61.7 Å². The number of nitriles is 1. The van der Waals surface area contributed by atoms with Crippen molar-refractivity contribution in [2.75, 3.05) is 7.11 Å². The highest BCUT2D eigenvalue weighted by Gasteiger charge is 2.09. The summed E-state index contributed by atoms with van der Waals surface area (Å²) in [6.07, 6.45) is 0. The van der Waals surface area contributed by atoms with E-state index in [0.717, 1.165) is 31.3 Å². The van der Waals surface area contributed by atoms with Crippen molar-refractivity contribution in [1.29, 1.82) is 5.26 Å². The van der Waals surface area contributed by atoms with Crippen LogP contribution in [0.15, 0.2) is 50.9 Å². The third-order valence-corrected chi connectivity index (χ3v) is 4.39. The number of aromatic nitrogens is 2. The van der Waals surface area contributed by atoms with Crippen LogP contribution in [-0.4, -0.2) is 17.1 Å². The van der Waals surface area contributed by atoms with E-state index >= 15 is 0 Å². The van der Waals surface area contributed by atoms with Crippen LogP contribution in [0, 0.1) is 11.3 Å². The lowest BCUT2D eigenvalue weighted by molar-refractivity contribution is 0.415. The SMILES string of the molecule is COc1ccc2nc(Sc3ccc(Br)cc3C#N)[nH]c2c1. The molecule has 0 unspecified atom stereocenters. The van der Waals surface area contributed by atoms with Gasteiger partial charge in [0.2, 0.25) is 0 Å². The second-order valence-electron chi connectivity index (χ2n) is 4.28. The van der Waals surface area contributed by atoms with Gasteiger partial charge >= 0.3 is 0 Å². The number of ether oxygens (including phenoxy) is 1. The lowest BCUT2D eigenvalue weighted by atomic mass is 10.2. The minimum absolute atomic E-state index is 0.618. The van der Waals surface area contributed by atoms with Crippen LogP contribution in [0.3, 0.4) is 0 Å². The molecule has 0 fully saturated rings. The summed E-state index contributed by atoms with van der Waals surface area (Å²) in [4.78, 5) is 8.61. The lowest BCUT2D eigenvalue weighted by Crippen LogP contribution is -1.82. The molecule has 1 heterocycles. The second-order valence-corrected chi connectivity index (χ2v) is 6.23. The summed E-state index contributed by atoms with van der Waals surface area (Å²) in [5.41, 5.74) is 2.40. The van der Waals surface area contributed by atoms with E-state index in [2.05, 4.69) is 32.0 Å². The van der Waals surface area contributed by atoms with E-state index in [1.165, 1.54) is 11.8 Å². The number of imidazole rings is 1. The maximum atomic E-state index is 9.20. The predicted octanol–water partition coefficient (Wildman–Crippen LogP) is 4.36. The van der Waals surface area contributed by atoms with Crippen molar-refractivity contribution in [3.8, 4) is 11.8 Å². The number of fused-ring (bicyclic) bond motifs is 1. The molecule has 0 amide bonds. The molecule has 0 aliphatic rings. The number of hydrogen-bond donors (Lipinski definition) is 1. The monoisotopic (exact) mass is 359 g/mol. The summed E-state index contributed by atoms with van der Waals surface area (Å²) in [7, 11) is 1.63. The molecule has 0 aliphatic heterocycles. The highest BCUT2D eigenvalue weighted by molar-refractivity contribution is 9.10. The van der Waals surface area contributed by atoms with E-state index in [1.54, 1.807) is 13.2 Å². The fourth-order valence-corrected chi connectivity index (χ4v) is 3.15. The Morgan fingerprint density at radius 1 is 1.29 bits per heavy atom. The van der Waals surface area contributed by atoms with Crippen molar-refractivity contribution in [1.82, 2.24) is 9.97 Å². The number of hydrogen-bond acceptors (Lipinski definition) is 4. The largest absolute Gasteiger partial charge is 0.497 e. The van der Waals surface area contributed by atoms with Gasteiger partial charge < -0.3 is 9.72 Å². The van der Waals surface area contributed by atoms with E-state index in [9.17, 15) is 5.26 Å². The van der Waals surface area contributed by atoms with Crippen molar-refractivity contribution in [3.63, 3.8) is 0 Å². The molecule has 0 atom stereocenters. The molecule has 3 aromatic rings. The average Bonchev–Trinajstić information content (AvgIpc) is 2.90. The zero-order valence-electron chi connectivity index (χ0n) is 11.1. The molecule has 6 heteroatoms. The van der Waals surface area contributed by atoms with Gasteiger partial charge in [-0.25, -0.2) is 4.98 Å². The van der Waals surface area contributed by atoms with Gasteiger partial charge in [-0.05, 0) is 30.3 Å². The first-order chi connectivity index (χ1) is 10.2. The van der Waals surface area contributed by atoms with Crippen molar-refractivity contribution in [2.45, 2.75) is 10.1 Å². The number of H-pyrrole nitrogens is 1. The molecule has 21 heavy (non-hydrogen) atoms. The quantitative estimate of drug-likeness (QED) is 0.754. The fourth-order valence-electron chi connectivity index (χ4n) is 1.92. The lowest BCUT2D eigenvalue weighted by Gasteiger charge is -2.01. The van der Waals surface area contributed by atoms with E-state index in [-0.39, 0.29) is 0 Å². The van der Waals surface area contributed by atoms with Gasteiger partial charge in [0.1, 0.15) is 11.8 Å². The van der Waals surface area contributed by atoms with Crippen molar-refractivity contribution in [3.05, 3.63) is 46.4 Å². The molecular weight excluding hydrogens is 350 g/mol. The molecule has 0 bridgehead atoms. The van der Waals surface area contributed by atoms with Gasteiger partial charge in [-0.2, -0.15) is 5.26 Å². The Morgan fingerprint density at radius 2 is 2.14 bits per heavy atom. The summed E-state index contributed by atoms with van der Waals surface area (Å²) in [6.45, 7) is 0. The van der Waals surface area contributed by atoms with Crippen molar-refractivity contribution in [2.24, 2.45) is 0 Å². The van der Waals surface area contributed by atoms with Crippen LogP contribution in [0.1, 0.15) is 5.56 Å². The van der Waals surface area contributed by atoms with Crippen LogP contribution in [0.5, 0.6) is 5.75 Å². The van der Waals surface area contributed by atoms with Gasteiger partial charge in [0.15, 0.2) is 5.16 Å². The molecular formula is C15H10BrN3OS. The van der Waals surface area contributed by atoms with Gasteiger partial charge in [-0.3, -0.25) is 0 Å². The summed E-state index contributed by atoms with van der Waals surface area (Å²) in [6, 6.07) is 13.5. The normalized spacial score (nSPS) is 10.5. The highest BCUT2D eigenvalue weighted by Crippen LogP contribution is 2.31. The Balaban J connectivity index is 1.97. The molecule has 104 valence electrons. The minimum atomic E-state index is 0.618. The first kappa shape index (κ1) is 14.0. The van der Waals surface area contributed by atoms with Crippen molar-refractivity contribution >= 4 is 38.7 Å². The first-order valence-corrected chi connectivity index (χ1v) is 7.72. The van der Waals surface area contributed by atoms with Gasteiger partial charge in [-0.15, -0.1) is 0 Å². The zero-order chi connectivity index (χ0) is 14.8. The maximum Gasteiger partial charge on any atom is 0.171 e. The molecule has 1 N–H and O–H groups in total. The number of rotatable bonds is 3. The Kier molecular flexibility index (Phi) is 3.86. The van der Waals surface area contributed by atoms with Crippen LogP contribution in [0.4, 0.5) is 0 Å². The molecule has 0 saturated heterocycles. The van der Waals surface area contributed by atoms with E-state index in [0.29, 0.717) is 5.56 Å². The molecule has 0 radical (unpaired) electrons. The van der Waals surface area contributed by atoms with Crippen LogP contribution in [-0.2, 0) is 0 Å². The molecule has 0 aliphatic carbocycles. The van der Waals surface area contributed by atoms with Gasteiger partial charge in [0, 0.05) is 15.4 Å². The predicted molar refractivity (Wildman–Crippen MR) is 85.6 cm³/mol. The summed E-state index contributed by atoms with van der Waals surface area (Å²) >= 11 is 4.80. The number of halogens is 1. The zero-order valence-corrected chi connectivity index (χ0v) is 13.5. The average molecular weight is 360 g/mol. The Morgan fingerprint density at radius 3 is 2.90 bits per heavy atom. The third kappa shape index (κ3) is 2.89. The smallest absolute Gasteiger partial charge is 0.171 e. The minimum Gasteiger partial charge on any atom is -0.497 e. The maximum absolute atomic E-state index is 9.20. The van der Waals surface area contributed by atoms with Crippen molar-refractivity contribution < 1.29 is 4.74 Å². The van der Waals surface area contributed by atoms with Crippen LogP contribution in [0.2, 0.25) is 0 Å². The molecule has 3 rings (SSSR count). The first-order valence-electron chi connectivity index (χ1n) is 6.11. The standard InChI is InChI=1S/C15H10BrN3OS/c1-20-11-3-4-12-13(7-11)19-15(18-12)21-14-5-2-10(16)6-9(14)8-17/h2-7H,1H3,(H,18,19). The number of methoxy groups -OCH3 is 1. The molecule has 0 saturated carbocycles. The second kappa shape index (κ2) is 5.80. The summed E-state index contributed by atoms with van der Waals surface area (Å²) < 4.78 is 6.08. The molecule has 0 spiro atoms. The number of nitrogens with zero attached hydrogens (tertiary/aromatic N) is 2. The Bertz CT molecular complexity index is 854. The molecule has 2 aromatic carbocycles. The van der Waals surface area contributed by atoms with E-state index in [4.69, 9.17) is 4.74 Å². The Hall–Kier alpha value is -1.97. The van der Waals surface area contributed by atoms with Crippen LogP contribution in [0.25, 0.3) is 11.0 Å². The Labute approximate surface area is 134 Å². The van der Waals surface area contributed by atoms with Crippen LogP contribution < -0.4 is 4.74 Å². The summed E-state index contributed by atoms with van der Waals surface area (Å²) in [5.74, 6) is 0.782. The fraction of sp³-hybridized carbons (Fsp3) is 0.0667. The number of nitrogens with one attached hydrogen (secondary N) is 1. The van der Waals surface area contributed by atoms with Crippen LogP contribution >= 0.6 is 27.7 Å².